The first-order chi connectivity index (χ1) is 14.8. The van der Waals surface area contributed by atoms with E-state index in [2.05, 4.69) is 42.6 Å². The second kappa shape index (κ2) is 11.8. The van der Waals surface area contributed by atoms with Gasteiger partial charge in [-0.1, -0.05) is 49.6 Å². The number of H-pyrrole nitrogens is 1. The van der Waals surface area contributed by atoms with Crippen LogP contribution in [0.1, 0.15) is 37.9 Å². The lowest BCUT2D eigenvalue weighted by Crippen LogP contribution is -2.60. The SMILES string of the molecule is CN=C(NCc1ncc(-c2ccccc2)[nH]1)NCC1(N2CCOCC2)CCCCC1.I. The van der Waals surface area contributed by atoms with E-state index < -0.39 is 0 Å². The summed E-state index contributed by atoms with van der Waals surface area (Å²) in [6.07, 6.45) is 8.34. The summed E-state index contributed by atoms with van der Waals surface area (Å²) in [7, 11) is 1.83. The van der Waals surface area contributed by atoms with Crippen LogP contribution < -0.4 is 10.6 Å². The van der Waals surface area contributed by atoms with E-state index in [0.717, 1.165) is 55.9 Å². The van der Waals surface area contributed by atoms with Crippen LogP contribution in [0.15, 0.2) is 41.5 Å². The van der Waals surface area contributed by atoms with Crippen LogP contribution in [0.3, 0.4) is 0 Å². The van der Waals surface area contributed by atoms with Crippen molar-refractivity contribution in [3.8, 4) is 11.3 Å². The second-order valence-corrected chi connectivity index (χ2v) is 8.27. The molecule has 2 aliphatic rings. The number of halogens is 1. The Hall–Kier alpha value is -1.65. The van der Waals surface area contributed by atoms with Gasteiger partial charge in [0, 0.05) is 32.2 Å². The van der Waals surface area contributed by atoms with Crippen molar-refractivity contribution in [2.45, 2.75) is 44.2 Å². The molecule has 31 heavy (non-hydrogen) atoms. The molecule has 4 rings (SSSR count). The summed E-state index contributed by atoms with van der Waals surface area (Å²) in [6.45, 7) is 5.27. The number of morpholine rings is 1. The predicted molar refractivity (Wildman–Crippen MR) is 136 cm³/mol. The van der Waals surface area contributed by atoms with Gasteiger partial charge in [-0.05, 0) is 18.4 Å². The zero-order valence-corrected chi connectivity index (χ0v) is 20.7. The number of guanidine groups is 1. The first-order valence-corrected chi connectivity index (χ1v) is 11.2. The molecule has 170 valence electrons. The molecule has 0 radical (unpaired) electrons. The number of ether oxygens (including phenoxy) is 1. The lowest BCUT2D eigenvalue weighted by atomic mass is 9.80. The van der Waals surface area contributed by atoms with Crippen molar-refractivity contribution in [2.75, 3.05) is 39.9 Å². The van der Waals surface area contributed by atoms with E-state index >= 15 is 0 Å². The fourth-order valence-electron chi connectivity index (χ4n) is 4.71. The second-order valence-electron chi connectivity index (χ2n) is 8.27. The Morgan fingerprint density at radius 3 is 2.58 bits per heavy atom. The van der Waals surface area contributed by atoms with Crippen LogP contribution in [0.2, 0.25) is 0 Å². The van der Waals surface area contributed by atoms with Gasteiger partial charge in [-0.2, -0.15) is 0 Å². The molecule has 0 atom stereocenters. The Morgan fingerprint density at radius 1 is 1.13 bits per heavy atom. The summed E-state index contributed by atoms with van der Waals surface area (Å²) in [5, 5.41) is 7.01. The minimum absolute atomic E-state index is 0. The normalized spacial score (nSPS) is 19.5. The molecule has 0 spiro atoms. The molecule has 7 nitrogen and oxygen atoms in total. The van der Waals surface area contributed by atoms with Gasteiger partial charge in [0.1, 0.15) is 5.82 Å². The molecular formula is C23H35IN6O. The molecule has 0 bridgehead atoms. The Kier molecular flexibility index (Phi) is 9.15. The van der Waals surface area contributed by atoms with Crippen LogP contribution in [0.5, 0.6) is 0 Å². The Morgan fingerprint density at radius 2 is 1.87 bits per heavy atom. The van der Waals surface area contributed by atoms with Gasteiger partial charge in [-0.3, -0.25) is 9.89 Å². The van der Waals surface area contributed by atoms with Crippen molar-refractivity contribution < 1.29 is 4.74 Å². The highest BCUT2D eigenvalue weighted by Gasteiger charge is 2.38. The number of imidazole rings is 1. The van der Waals surface area contributed by atoms with Crippen molar-refractivity contribution in [3.63, 3.8) is 0 Å². The summed E-state index contributed by atoms with van der Waals surface area (Å²) in [5.74, 6) is 1.73. The summed E-state index contributed by atoms with van der Waals surface area (Å²) in [6, 6.07) is 10.3. The first-order valence-electron chi connectivity index (χ1n) is 11.2. The van der Waals surface area contributed by atoms with Crippen molar-refractivity contribution in [1.82, 2.24) is 25.5 Å². The van der Waals surface area contributed by atoms with E-state index in [0.29, 0.717) is 6.54 Å². The predicted octanol–water partition coefficient (Wildman–Crippen LogP) is 3.39. The number of nitrogens with one attached hydrogen (secondary N) is 3. The van der Waals surface area contributed by atoms with E-state index in [4.69, 9.17) is 4.74 Å². The average molecular weight is 538 g/mol. The quantitative estimate of drug-likeness (QED) is 0.299. The fraction of sp³-hybridized carbons (Fsp3) is 0.565. The maximum absolute atomic E-state index is 5.60. The third kappa shape index (κ3) is 6.20. The summed E-state index contributed by atoms with van der Waals surface area (Å²) in [5.41, 5.74) is 2.39. The first kappa shape index (κ1) is 24.0. The van der Waals surface area contributed by atoms with E-state index in [9.17, 15) is 0 Å². The monoisotopic (exact) mass is 538 g/mol. The number of benzene rings is 1. The molecule has 1 saturated carbocycles. The molecule has 3 N–H and O–H groups in total. The highest BCUT2D eigenvalue weighted by molar-refractivity contribution is 14.0. The number of aliphatic imine (C=N–C) groups is 1. The molecule has 0 amide bonds. The molecule has 0 unspecified atom stereocenters. The van der Waals surface area contributed by atoms with Gasteiger partial charge in [0.2, 0.25) is 0 Å². The van der Waals surface area contributed by atoms with Crippen LogP contribution >= 0.6 is 24.0 Å². The molecule has 2 fully saturated rings. The van der Waals surface area contributed by atoms with Crippen LogP contribution in [-0.4, -0.2) is 66.3 Å². The fourth-order valence-corrected chi connectivity index (χ4v) is 4.71. The van der Waals surface area contributed by atoms with E-state index in [1.54, 1.807) is 0 Å². The molecule has 1 aromatic heterocycles. The molecule has 8 heteroatoms. The summed E-state index contributed by atoms with van der Waals surface area (Å²) in [4.78, 5) is 15.0. The topological polar surface area (TPSA) is 77.6 Å². The highest BCUT2D eigenvalue weighted by Crippen LogP contribution is 2.33. The Balaban J connectivity index is 0.00000272. The van der Waals surface area contributed by atoms with Crippen LogP contribution in [0, 0.1) is 0 Å². The Labute approximate surface area is 202 Å². The number of aromatic nitrogens is 2. The van der Waals surface area contributed by atoms with E-state index in [-0.39, 0.29) is 29.5 Å². The largest absolute Gasteiger partial charge is 0.379 e. The van der Waals surface area contributed by atoms with Crippen molar-refractivity contribution >= 4 is 29.9 Å². The number of nitrogens with zero attached hydrogens (tertiary/aromatic N) is 3. The van der Waals surface area contributed by atoms with Gasteiger partial charge >= 0.3 is 0 Å². The highest BCUT2D eigenvalue weighted by atomic mass is 127. The van der Waals surface area contributed by atoms with Gasteiger partial charge in [-0.15, -0.1) is 24.0 Å². The molecule has 2 aromatic rings. The van der Waals surface area contributed by atoms with Gasteiger partial charge < -0.3 is 20.4 Å². The van der Waals surface area contributed by atoms with Gasteiger partial charge in [0.05, 0.1) is 31.6 Å². The zero-order valence-electron chi connectivity index (χ0n) is 18.4. The molecule has 1 aliphatic heterocycles. The molecule has 1 saturated heterocycles. The van der Waals surface area contributed by atoms with E-state index in [1.807, 2.05) is 31.4 Å². The average Bonchev–Trinajstić information content (AvgIpc) is 3.30. The van der Waals surface area contributed by atoms with Crippen molar-refractivity contribution in [2.24, 2.45) is 4.99 Å². The van der Waals surface area contributed by atoms with Crippen LogP contribution in [0.4, 0.5) is 0 Å². The van der Waals surface area contributed by atoms with Gasteiger partial charge in [-0.25, -0.2) is 4.98 Å². The summed E-state index contributed by atoms with van der Waals surface area (Å²) < 4.78 is 5.60. The van der Waals surface area contributed by atoms with E-state index in [1.165, 1.54) is 32.1 Å². The Bertz CT molecular complexity index is 812. The smallest absolute Gasteiger partial charge is 0.191 e. The molecule has 1 aromatic carbocycles. The number of hydrogen-bond acceptors (Lipinski definition) is 4. The minimum atomic E-state index is 0. The number of rotatable bonds is 6. The maximum Gasteiger partial charge on any atom is 0.191 e. The number of hydrogen-bond donors (Lipinski definition) is 3. The maximum atomic E-state index is 5.60. The van der Waals surface area contributed by atoms with Crippen molar-refractivity contribution in [1.29, 1.82) is 0 Å². The number of aromatic amines is 1. The molecular weight excluding hydrogens is 503 g/mol. The van der Waals surface area contributed by atoms with Crippen LogP contribution in [-0.2, 0) is 11.3 Å². The van der Waals surface area contributed by atoms with Crippen molar-refractivity contribution in [3.05, 3.63) is 42.4 Å². The van der Waals surface area contributed by atoms with Gasteiger partial charge in [0.25, 0.3) is 0 Å². The molecule has 1 aliphatic carbocycles. The third-order valence-corrected chi connectivity index (χ3v) is 6.41. The lowest BCUT2D eigenvalue weighted by Gasteiger charge is -2.48. The van der Waals surface area contributed by atoms with Crippen LogP contribution in [0.25, 0.3) is 11.3 Å². The van der Waals surface area contributed by atoms with Gasteiger partial charge in [0.15, 0.2) is 5.96 Å². The third-order valence-electron chi connectivity index (χ3n) is 6.41. The minimum Gasteiger partial charge on any atom is -0.379 e. The lowest BCUT2D eigenvalue weighted by molar-refractivity contribution is -0.0352. The molecule has 2 heterocycles. The zero-order chi connectivity index (χ0) is 20.7. The summed E-state index contributed by atoms with van der Waals surface area (Å²) >= 11 is 0. The standard InChI is InChI=1S/C23H34N6O.HI/c1-24-22(26-17-21-25-16-20(28-21)19-8-4-2-5-9-19)27-18-23(10-6-3-7-11-23)29-12-14-30-15-13-29;/h2,4-5,8-9,16H,3,6-7,10-15,17-18H2,1H3,(H,25,28)(H2,24,26,27);1H.